The number of amides is 2. The average Bonchev–Trinajstić information content (AvgIpc) is 3.16. The minimum atomic E-state index is -0.105. The monoisotopic (exact) mass is 365 g/mol. The number of hydrogen-bond acceptors (Lipinski definition) is 5. The van der Waals surface area contributed by atoms with E-state index in [1.54, 1.807) is 53.3 Å². The maximum absolute atomic E-state index is 13.1. The van der Waals surface area contributed by atoms with Crippen molar-refractivity contribution in [2.75, 3.05) is 26.2 Å². The molecule has 2 aromatic heterocycles. The molecule has 1 aliphatic heterocycles. The molecule has 1 aromatic carbocycles. The first kappa shape index (κ1) is 17.0. The third-order valence-corrected chi connectivity index (χ3v) is 4.83. The molecule has 0 unspecified atom stereocenters. The second-order valence-corrected chi connectivity index (χ2v) is 6.53. The van der Waals surface area contributed by atoms with Crippen LogP contribution in [0.15, 0.2) is 36.5 Å². The van der Waals surface area contributed by atoms with Crippen molar-refractivity contribution < 1.29 is 14.7 Å². The summed E-state index contributed by atoms with van der Waals surface area (Å²) in [5, 5.41) is 17.0. The molecule has 3 heterocycles. The molecule has 2 amide bonds. The molecule has 27 heavy (non-hydrogen) atoms. The number of carbonyl (C=O) groups excluding carboxylic acids is 2. The van der Waals surface area contributed by atoms with Gasteiger partial charge in [-0.25, -0.2) is 4.98 Å². The van der Waals surface area contributed by atoms with Gasteiger partial charge in [-0.15, -0.1) is 0 Å². The van der Waals surface area contributed by atoms with E-state index >= 15 is 0 Å². The molecule has 1 fully saturated rings. The van der Waals surface area contributed by atoms with Crippen LogP contribution in [0.25, 0.3) is 22.3 Å². The van der Waals surface area contributed by atoms with Gasteiger partial charge < -0.3 is 14.9 Å². The van der Waals surface area contributed by atoms with Gasteiger partial charge in [-0.1, -0.05) is 0 Å². The number of aromatic hydroxyl groups is 1. The maximum Gasteiger partial charge on any atom is 0.254 e. The molecule has 4 rings (SSSR count). The fraction of sp³-hybridized carbons (Fsp3) is 0.263. The smallest absolute Gasteiger partial charge is 0.254 e. The van der Waals surface area contributed by atoms with E-state index in [1.165, 1.54) is 0 Å². The molecule has 0 spiro atoms. The molecule has 1 aliphatic rings. The zero-order valence-electron chi connectivity index (χ0n) is 14.8. The minimum absolute atomic E-state index is 0.0258. The van der Waals surface area contributed by atoms with Crippen molar-refractivity contribution in [3.05, 3.63) is 42.1 Å². The summed E-state index contributed by atoms with van der Waals surface area (Å²) in [6.07, 6.45) is 1.60. The van der Waals surface area contributed by atoms with Crippen LogP contribution in [0.3, 0.4) is 0 Å². The quantitative estimate of drug-likeness (QED) is 0.719. The predicted molar refractivity (Wildman–Crippen MR) is 99.1 cm³/mol. The van der Waals surface area contributed by atoms with Crippen LogP contribution in [0, 0.1) is 0 Å². The molecule has 3 aromatic rings. The first-order chi connectivity index (χ1) is 13.0. The van der Waals surface area contributed by atoms with Gasteiger partial charge in [-0.2, -0.15) is 5.10 Å². The molecule has 0 atom stereocenters. The molecule has 2 N–H and O–H groups in total. The highest BCUT2D eigenvalue weighted by molar-refractivity contribution is 6.06. The first-order valence-electron chi connectivity index (χ1n) is 8.71. The van der Waals surface area contributed by atoms with Crippen molar-refractivity contribution in [3.8, 4) is 17.0 Å². The second kappa shape index (κ2) is 6.71. The molecular weight excluding hydrogens is 346 g/mol. The highest BCUT2D eigenvalue weighted by atomic mass is 16.3. The molecule has 0 bridgehead atoms. The van der Waals surface area contributed by atoms with E-state index in [0.717, 1.165) is 5.56 Å². The van der Waals surface area contributed by atoms with Gasteiger partial charge >= 0.3 is 0 Å². The molecule has 138 valence electrons. The van der Waals surface area contributed by atoms with E-state index in [0.29, 0.717) is 48.5 Å². The summed E-state index contributed by atoms with van der Waals surface area (Å²) in [5.74, 6) is 0.0888. The van der Waals surface area contributed by atoms with Crippen molar-refractivity contribution in [1.82, 2.24) is 25.0 Å². The lowest BCUT2D eigenvalue weighted by Crippen LogP contribution is -2.50. The standard InChI is InChI=1S/C19H19N5O3/c1-12(25)23-6-8-24(9-7-23)19(27)15-10-17(13-2-4-14(26)5-3-13)21-18-16(15)11-20-22-18/h2-5,10-11,26H,6-9H2,1H3,(H,20,21,22). The van der Waals surface area contributed by atoms with Crippen LogP contribution in [0.4, 0.5) is 0 Å². The van der Waals surface area contributed by atoms with E-state index in [1.807, 2.05) is 0 Å². The van der Waals surface area contributed by atoms with Crippen LogP contribution in [0.2, 0.25) is 0 Å². The highest BCUT2D eigenvalue weighted by Crippen LogP contribution is 2.26. The molecule has 1 saturated heterocycles. The molecule has 0 saturated carbocycles. The number of phenolic OH excluding ortho intramolecular Hbond substituents is 1. The summed E-state index contributed by atoms with van der Waals surface area (Å²) >= 11 is 0. The van der Waals surface area contributed by atoms with Crippen molar-refractivity contribution in [2.24, 2.45) is 0 Å². The molecule has 0 radical (unpaired) electrons. The van der Waals surface area contributed by atoms with Gasteiger partial charge in [0.05, 0.1) is 22.8 Å². The number of nitrogens with zero attached hydrogens (tertiary/aromatic N) is 4. The highest BCUT2D eigenvalue weighted by Gasteiger charge is 2.25. The molecule has 0 aliphatic carbocycles. The van der Waals surface area contributed by atoms with E-state index in [4.69, 9.17) is 0 Å². The summed E-state index contributed by atoms with van der Waals surface area (Å²) < 4.78 is 0. The summed E-state index contributed by atoms with van der Waals surface area (Å²) in [6, 6.07) is 8.41. The lowest BCUT2D eigenvalue weighted by atomic mass is 10.1. The minimum Gasteiger partial charge on any atom is -0.508 e. The predicted octanol–water partition coefficient (Wildman–Crippen LogP) is 1.63. The number of carbonyl (C=O) groups is 2. The van der Waals surface area contributed by atoms with Gasteiger partial charge in [0.2, 0.25) is 5.91 Å². The summed E-state index contributed by atoms with van der Waals surface area (Å²) in [4.78, 5) is 32.7. The van der Waals surface area contributed by atoms with Gasteiger partial charge in [0.15, 0.2) is 5.65 Å². The second-order valence-electron chi connectivity index (χ2n) is 6.53. The number of pyridine rings is 1. The van der Waals surface area contributed by atoms with Crippen molar-refractivity contribution >= 4 is 22.8 Å². The number of hydrogen-bond donors (Lipinski definition) is 2. The summed E-state index contributed by atoms with van der Waals surface area (Å²) in [7, 11) is 0. The Morgan fingerprint density at radius 3 is 2.41 bits per heavy atom. The SMILES string of the molecule is CC(=O)N1CCN(C(=O)c2cc(-c3ccc(O)cc3)nc3[nH]ncc23)CC1. The normalized spacial score (nSPS) is 14.6. The van der Waals surface area contributed by atoms with Crippen LogP contribution in [0.5, 0.6) is 5.75 Å². The van der Waals surface area contributed by atoms with Crippen LogP contribution < -0.4 is 0 Å². The number of fused-ring (bicyclic) bond motifs is 1. The third kappa shape index (κ3) is 3.21. The molecule has 8 nitrogen and oxygen atoms in total. The van der Waals surface area contributed by atoms with Crippen molar-refractivity contribution in [3.63, 3.8) is 0 Å². The Morgan fingerprint density at radius 1 is 1.07 bits per heavy atom. The topological polar surface area (TPSA) is 102 Å². The number of benzene rings is 1. The Labute approximate surface area is 155 Å². The van der Waals surface area contributed by atoms with Gasteiger partial charge in [-0.05, 0) is 30.3 Å². The zero-order valence-corrected chi connectivity index (χ0v) is 14.8. The zero-order chi connectivity index (χ0) is 19.0. The van der Waals surface area contributed by atoms with Crippen LogP contribution in [-0.4, -0.2) is 68.1 Å². The third-order valence-electron chi connectivity index (χ3n) is 4.83. The Kier molecular flexibility index (Phi) is 4.23. The maximum atomic E-state index is 13.1. The Balaban J connectivity index is 1.68. The number of rotatable bonds is 2. The van der Waals surface area contributed by atoms with Crippen molar-refractivity contribution in [2.45, 2.75) is 6.92 Å². The fourth-order valence-corrected chi connectivity index (χ4v) is 3.28. The summed E-state index contributed by atoms with van der Waals surface area (Å²) in [6.45, 7) is 3.60. The van der Waals surface area contributed by atoms with E-state index in [9.17, 15) is 14.7 Å². The van der Waals surface area contributed by atoms with Gasteiger partial charge in [0.25, 0.3) is 5.91 Å². The number of aromatic amines is 1. The number of nitrogens with one attached hydrogen (secondary N) is 1. The lowest BCUT2D eigenvalue weighted by molar-refractivity contribution is -0.130. The Hall–Kier alpha value is -3.42. The lowest BCUT2D eigenvalue weighted by Gasteiger charge is -2.34. The van der Waals surface area contributed by atoms with Gasteiger partial charge in [-0.3, -0.25) is 14.7 Å². The van der Waals surface area contributed by atoms with Gasteiger partial charge in [0.1, 0.15) is 5.75 Å². The number of aromatic nitrogens is 3. The Bertz CT molecular complexity index is 1000. The fourth-order valence-electron chi connectivity index (χ4n) is 3.28. The number of piperazine rings is 1. The van der Waals surface area contributed by atoms with Crippen LogP contribution in [0.1, 0.15) is 17.3 Å². The number of H-pyrrole nitrogens is 1. The van der Waals surface area contributed by atoms with E-state index < -0.39 is 0 Å². The number of phenols is 1. The van der Waals surface area contributed by atoms with Crippen LogP contribution >= 0.6 is 0 Å². The van der Waals surface area contributed by atoms with Crippen molar-refractivity contribution in [1.29, 1.82) is 0 Å². The average molecular weight is 365 g/mol. The van der Waals surface area contributed by atoms with E-state index in [2.05, 4.69) is 15.2 Å². The van der Waals surface area contributed by atoms with Gasteiger partial charge in [0, 0.05) is 38.7 Å². The van der Waals surface area contributed by atoms with Crippen LogP contribution in [-0.2, 0) is 4.79 Å². The largest absolute Gasteiger partial charge is 0.508 e. The van der Waals surface area contributed by atoms with E-state index in [-0.39, 0.29) is 17.6 Å². The first-order valence-corrected chi connectivity index (χ1v) is 8.71. The summed E-state index contributed by atoms with van der Waals surface area (Å²) in [5.41, 5.74) is 2.47. The molecule has 8 heteroatoms. The Morgan fingerprint density at radius 2 is 1.74 bits per heavy atom. The molecular formula is C19H19N5O3.